The van der Waals surface area contributed by atoms with Crippen LogP contribution in [0.2, 0.25) is 0 Å². The first-order chi connectivity index (χ1) is 12.0. The van der Waals surface area contributed by atoms with Gasteiger partial charge in [-0.15, -0.1) is 24.0 Å². The van der Waals surface area contributed by atoms with E-state index in [9.17, 15) is 8.78 Å². The largest absolute Gasteiger partial charge is 0.357 e. The van der Waals surface area contributed by atoms with Crippen molar-refractivity contribution in [3.8, 4) is 0 Å². The summed E-state index contributed by atoms with van der Waals surface area (Å²) in [6.45, 7) is 11.8. The minimum atomic E-state index is -0.450. The van der Waals surface area contributed by atoms with Crippen molar-refractivity contribution in [1.29, 1.82) is 0 Å². The lowest BCUT2D eigenvalue weighted by atomic mass is 10.0. The molecule has 1 aliphatic heterocycles. The highest BCUT2D eigenvalue weighted by Crippen LogP contribution is 2.13. The van der Waals surface area contributed by atoms with Gasteiger partial charge in [-0.3, -0.25) is 4.90 Å². The molecule has 1 heterocycles. The molecule has 1 aromatic carbocycles. The lowest BCUT2D eigenvalue weighted by Gasteiger charge is -2.33. The van der Waals surface area contributed by atoms with Crippen LogP contribution < -0.4 is 10.6 Å². The number of hydrogen-bond acceptors (Lipinski definition) is 2. The number of nitrogens with zero attached hydrogens (tertiary/aromatic N) is 2. The fraction of sp³-hybridized carbons (Fsp3) is 0.526. The first-order valence-electron chi connectivity index (χ1n) is 8.83. The predicted octanol–water partition coefficient (Wildman–Crippen LogP) is 3.68. The number of guanidine groups is 1. The van der Waals surface area contributed by atoms with Crippen LogP contribution in [0.25, 0.3) is 0 Å². The van der Waals surface area contributed by atoms with Crippen LogP contribution in [0.5, 0.6) is 0 Å². The van der Waals surface area contributed by atoms with Gasteiger partial charge in [0.2, 0.25) is 0 Å². The summed E-state index contributed by atoms with van der Waals surface area (Å²) >= 11 is 0. The van der Waals surface area contributed by atoms with E-state index in [2.05, 4.69) is 27.1 Å². The molecule has 0 bridgehead atoms. The number of aliphatic imine (C=N–C) groups is 1. The Bertz CT molecular complexity index is 614. The molecule has 2 N–H and O–H groups in total. The maximum absolute atomic E-state index is 13.7. The molecule has 7 heteroatoms. The molecule has 0 spiro atoms. The summed E-state index contributed by atoms with van der Waals surface area (Å²) < 4.78 is 27.0. The average Bonchev–Trinajstić information content (AvgIpc) is 2.57. The van der Waals surface area contributed by atoms with E-state index in [-0.39, 0.29) is 36.1 Å². The zero-order chi connectivity index (χ0) is 18.2. The summed E-state index contributed by atoms with van der Waals surface area (Å²) in [6, 6.07) is 3.78. The third-order valence-electron chi connectivity index (χ3n) is 4.18. The van der Waals surface area contributed by atoms with Gasteiger partial charge in [-0.1, -0.05) is 12.2 Å². The van der Waals surface area contributed by atoms with E-state index in [1.54, 1.807) is 0 Å². The fourth-order valence-corrected chi connectivity index (χ4v) is 2.96. The van der Waals surface area contributed by atoms with E-state index in [1.165, 1.54) is 11.6 Å². The van der Waals surface area contributed by atoms with Gasteiger partial charge in [0.15, 0.2) is 5.96 Å². The van der Waals surface area contributed by atoms with Gasteiger partial charge in [-0.05, 0) is 44.9 Å². The molecule has 1 aromatic rings. The lowest BCUT2D eigenvalue weighted by Crippen LogP contribution is -2.48. The van der Waals surface area contributed by atoms with Gasteiger partial charge in [-0.25, -0.2) is 13.8 Å². The fourth-order valence-electron chi connectivity index (χ4n) is 2.96. The average molecular weight is 478 g/mol. The van der Waals surface area contributed by atoms with Gasteiger partial charge in [0.25, 0.3) is 0 Å². The second kappa shape index (κ2) is 11.5. The van der Waals surface area contributed by atoms with Crippen LogP contribution in [0, 0.1) is 11.6 Å². The van der Waals surface area contributed by atoms with Crippen LogP contribution in [0.1, 0.15) is 32.3 Å². The van der Waals surface area contributed by atoms with E-state index < -0.39 is 11.6 Å². The van der Waals surface area contributed by atoms with E-state index in [4.69, 9.17) is 0 Å². The number of halogens is 3. The molecular formula is C19H29F2IN4. The first kappa shape index (κ1) is 22.8. The van der Waals surface area contributed by atoms with Gasteiger partial charge in [0, 0.05) is 37.8 Å². The number of hydrogen-bond donors (Lipinski definition) is 2. The van der Waals surface area contributed by atoms with E-state index in [1.807, 2.05) is 13.8 Å². The lowest BCUT2D eigenvalue weighted by molar-refractivity contribution is 0.221. The summed E-state index contributed by atoms with van der Waals surface area (Å²) in [5, 5.41) is 6.58. The van der Waals surface area contributed by atoms with Gasteiger partial charge in [0.05, 0.1) is 6.54 Å². The van der Waals surface area contributed by atoms with Crippen molar-refractivity contribution in [2.24, 2.45) is 4.99 Å². The van der Waals surface area contributed by atoms with Gasteiger partial charge < -0.3 is 10.6 Å². The summed E-state index contributed by atoms with van der Waals surface area (Å²) in [4.78, 5) is 6.80. The molecule has 0 amide bonds. The maximum atomic E-state index is 13.7. The maximum Gasteiger partial charge on any atom is 0.191 e. The van der Waals surface area contributed by atoms with Crippen LogP contribution >= 0.6 is 24.0 Å². The standard InChI is InChI=1S/C19H28F2N4.HI/c1-4-22-19(23-12-15-11-16(20)5-6-18(15)21)24-17-7-9-25(10-8-17)13-14(2)3;/h5-6,11,17H,2,4,7-10,12-13H2,1,3H3,(H2,22,23,24);1H. The monoisotopic (exact) mass is 478 g/mol. The normalized spacial score (nSPS) is 16.1. The van der Waals surface area contributed by atoms with E-state index in [0.717, 1.165) is 44.6 Å². The van der Waals surface area contributed by atoms with E-state index >= 15 is 0 Å². The number of nitrogens with one attached hydrogen (secondary N) is 2. The Balaban J connectivity index is 0.00000338. The van der Waals surface area contributed by atoms with Crippen molar-refractivity contribution in [2.75, 3.05) is 26.2 Å². The van der Waals surface area contributed by atoms with Crippen LogP contribution in [-0.2, 0) is 6.54 Å². The Labute approximate surface area is 172 Å². The summed E-state index contributed by atoms with van der Waals surface area (Å²) in [7, 11) is 0. The molecule has 1 aliphatic rings. The molecule has 2 rings (SSSR count). The van der Waals surface area contributed by atoms with Gasteiger partial charge >= 0.3 is 0 Å². The first-order valence-corrected chi connectivity index (χ1v) is 8.83. The number of benzene rings is 1. The van der Waals surface area contributed by atoms with Gasteiger partial charge in [-0.2, -0.15) is 0 Å². The zero-order valence-corrected chi connectivity index (χ0v) is 17.9. The third-order valence-corrected chi connectivity index (χ3v) is 4.18. The Morgan fingerprint density at radius 2 is 2.00 bits per heavy atom. The van der Waals surface area contributed by atoms with Crippen molar-refractivity contribution < 1.29 is 8.78 Å². The smallest absolute Gasteiger partial charge is 0.191 e. The quantitative estimate of drug-likeness (QED) is 0.284. The van der Waals surface area contributed by atoms with Gasteiger partial charge in [0.1, 0.15) is 11.6 Å². The van der Waals surface area contributed by atoms with Crippen molar-refractivity contribution in [3.63, 3.8) is 0 Å². The molecule has 26 heavy (non-hydrogen) atoms. The Morgan fingerprint density at radius 3 is 2.62 bits per heavy atom. The zero-order valence-electron chi connectivity index (χ0n) is 15.5. The highest BCUT2D eigenvalue weighted by Gasteiger charge is 2.19. The molecule has 0 saturated carbocycles. The van der Waals surface area contributed by atoms with Crippen LogP contribution in [0.4, 0.5) is 8.78 Å². The van der Waals surface area contributed by atoms with Crippen molar-refractivity contribution in [1.82, 2.24) is 15.5 Å². The molecule has 0 unspecified atom stereocenters. The van der Waals surface area contributed by atoms with Crippen molar-refractivity contribution in [2.45, 2.75) is 39.3 Å². The summed E-state index contributed by atoms with van der Waals surface area (Å²) in [6.07, 6.45) is 2.04. The number of piperidine rings is 1. The molecule has 0 radical (unpaired) electrons. The Hall–Kier alpha value is -1.22. The molecule has 0 aromatic heterocycles. The highest BCUT2D eigenvalue weighted by molar-refractivity contribution is 14.0. The van der Waals surface area contributed by atoms with E-state index in [0.29, 0.717) is 18.5 Å². The minimum Gasteiger partial charge on any atom is -0.357 e. The van der Waals surface area contributed by atoms with Crippen molar-refractivity contribution >= 4 is 29.9 Å². The Morgan fingerprint density at radius 1 is 1.31 bits per heavy atom. The van der Waals surface area contributed by atoms with Crippen LogP contribution in [0.15, 0.2) is 35.3 Å². The molecule has 0 atom stereocenters. The molecule has 1 fully saturated rings. The summed E-state index contributed by atoms with van der Waals surface area (Å²) in [5.41, 5.74) is 1.44. The molecule has 0 aliphatic carbocycles. The van der Waals surface area contributed by atoms with Crippen LogP contribution in [0.3, 0.4) is 0 Å². The van der Waals surface area contributed by atoms with Crippen molar-refractivity contribution in [3.05, 3.63) is 47.5 Å². The minimum absolute atomic E-state index is 0. The molecule has 146 valence electrons. The molecular weight excluding hydrogens is 449 g/mol. The number of likely N-dealkylation sites (tertiary alicyclic amines) is 1. The predicted molar refractivity (Wildman–Crippen MR) is 114 cm³/mol. The molecule has 4 nitrogen and oxygen atoms in total. The van der Waals surface area contributed by atoms with Crippen LogP contribution in [-0.4, -0.2) is 43.1 Å². The highest BCUT2D eigenvalue weighted by atomic mass is 127. The SMILES string of the molecule is C=C(C)CN1CCC(NC(=NCc2cc(F)ccc2F)NCC)CC1.I. The third kappa shape index (κ3) is 7.57. The summed E-state index contributed by atoms with van der Waals surface area (Å²) in [5.74, 6) is -0.243. The number of rotatable bonds is 6. The molecule has 1 saturated heterocycles. The Kier molecular flexibility index (Phi) is 10.1. The second-order valence-electron chi connectivity index (χ2n) is 6.58. The second-order valence-corrected chi connectivity index (χ2v) is 6.58. The topological polar surface area (TPSA) is 39.7 Å².